The quantitative estimate of drug-likeness (QED) is 0.0368. The molecule has 2 aromatic carbocycles. The highest BCUT2D eigenvalue weighted by molar-refractivity contribution is 5.98. The second-order valence-electron chi connectivity index (χ2n) is 17.8. The van der Waals surface area contributed by atoms with Crippen LogP contribution in [0.3, 0.4) is 0 Å². The van der Waals surface area contributed by atoms with Gasteiger partial charge in [0.1, 0.15) is 49.4 Å². The Hall–Kier alpha value is -8.16. The lowest BCUT2D eigenvalue weighted by Crippen LogP contribution is -2.59. The van der Waals surface area contributed by atoms with Crippen molar-refractivity contribution in [2.24, 2.45) is 17.4 Å². The van der Waals surface area contributed by atoms with Crippen molar-refractivity contribution in [3.8, 4) is 11.1 Å². The molecule has 15 N–H and O–H groups in total. The van der Waals surface area contributed by atoms with E-state index in [0.717, 1.165) is 22.3 Å². The number of amides is 9. The van der Waals surface area contributed by atoms with Crippen molar-refractivity contribution >= 4 is 71.3 Å². The largest absolute Gasteiger partial charge is 0.481 e. The van der Waals surface area contributed by atoms with Crippen LogP contribution in [0.4, 0.5) is 4.79 Å². The Morgan fingerprint density at radius 1 is 0.554 bits per heavy atom. The van der Waals surface area contributed by atoms with Crippen molar-refractivity contribution in [1.29, 1.82) is 0 Å². The van der Waals surface area contributed by atoms with Crippen LogP contribution in [-0.2, 0) is 57.5 Å². The number of rotatable bonds is 32. The Morgan fingerprint density at radius 3 is 1.57 bits per heavy atom. The second kappa shape index (κ2) is 30.0. The number of unbranched alkanes of at least 4 members (excludes halogenated alkanes) is 1. The zero-order chi connectivity index (χ0) is 55.1. The van der Waals surface area contributed by atoms with E-state index < -0.39 is 153 Å². The molecule has 9 amide bonds. The molecule has 0 spiro atoms. The minimum absolute atomic E-state index is 0.0108. The zero-order valence-corrected chi connectivity index (χ0v) is 41.2. The van der Waals surface area contributed by atoms with Gasteiger partial charge in [-0.25, -0.2) is 4.79 Å². The van der Waals surface area contributed by atoms with Gasteiger partial charge in [-0.2, -0.15) is 0 Å². The van der Waals surface area contributed by atoms with E-state index in [2.05, 4.69) is 37.2 Å². The van der Waals surface area contributed by atoms with Crippen LogP contribution in [0.2, 0.25) is 0 Å². The third-order valence-corrected chi connectivity index (χ3v) is 11.5. The van der Waals surface area contributed by atoms with Crippen molar-refractivity contribution < 1.29 is 77.6 Å². The van der Waals surface area contributed by atoms with Gasteiger partial charge in [-0.05, 0) is 80.2 Å². The molecule has 0 aliphatic heterocycles. The first-order valence-electron chi connectivity index (χ1n) is 23.8. The van der Waals surface area contributed by atoms with Gasteiger partial charge in [0, 0.05) is 18.8 Å². The summed E-state index contributed by atoms with van der Waals surface area (Å²) in [7, 11) is 0. The van der Waals surface area contributed by atoms with Crippen molar-refractivity contribution in [1.82, 2.24) is 42.5 Å². The Labute approximate surface area is 425 Å². The Bertz CT molecular complexity index is 2340. The molecule has 6 atom stereocenters. The van der Waals surface area contributed by atoms with Gasteiger partial charge in [-0.15, -0.1) is 0 Å². The number of ether oxygens (including phenoxy) is 1. The molecule has 0 bridgehead atoms. The molecule has 404 valence electrons. The molecule has 1 aliphatic rings. The van der Waals surface area contributed by atoms with Crippen molar-refractivity contribution in [2.75, 3.05) is 26.2 Å². The molecule has 0 radical (unpaired) electrons. The number of carboxylic acid groups (broad SMARTS) is 3. The summed E-state index contributed by atoms with van der Waals surface area (Å²) in [5.41, 5.74) is 15.1. The smallest absolute Gasteiger partial charge is 0.407 e. The highest BCUT2D eigenvalue weighted by atomic mass is 16.5. The molecular formula is C48H66N10O16. The lowest BCUT2D eigenvalue weighted by Gasteiger charge is -2.27. The topological polar surface area (TPSA) is 423 Å². The Balaban J connectivity index is 1.69. The van der Waals surface area contributed by atoms with Crippen LogP contribution in [-0.4, -0.2) is 149 Å². The molecule has 26 heteroatoms. The highest BCUT2D eigenvalue weighted by Crippen LogP contribution is 2.44. The number of primary amides is 1. The van der Waals surface area contributed by atoms with E-state index in [1.165, 1.54) is 6.92 Å². The fourth-order valence-electron chi connectivity index (χ4n) is 7.76. The van der Waals surface area contributed by atoms with E-state index >= 15 is 0 Å². The van der Waals surface area contributed by atoms with Gasteiger partial charge in [0.05, 0.1) is 13.0 Å². The first kappa shape index (κ1) is 60.1. The average Bonchev–Trinajstić information content (AvgIpc) is 3.66. The lowest BCUT2D eigenvalue weighted by atomic mass is 9.98. The Kier molecular flexibility index (Phi) is 24.4. The fourth-order valence-corrected chi connectivity index (χ4v) is 7.76. The maximum Gasteiger partial charge on any atom is 0.407 e. The molecule has 74 heavy (non-hydrogen) atoms. The molecule has 0 heterocycles. The van der Waals surface area contributed by atoms with Gasteiger partial charge >= 0.3 is 24.0 Å². The molecule has 0 fully saturated rings. The van der Waals surface area contributed by atoms with Crippen molar-refractivity contribution in [3.63, 3.8) is 0 Å². The number of hydrogen-bond donors (Lipinski definition) is 13. The van der Waals surface area contributed by atoms with Crippen LogP contribution in [0.1, 0.15) is 95.6 Å². The normalized spacial score (nSPS) is 13.9. The standard InChI is InChI=1S/C48H66N10O16/c1-25(2)20-35(47(72)56-34(16-18-39(61)62)46(71)58-36(21-40(63)64)43(68)52-23-41(65)66)57-45(70)33(15-17-37(50)59)55-44(69)32(14-8-9-19-49)54-38(60)22-51-42(67)26(3)53-48(73)74-24-31-29-12-6-4-10-27(29)28-11-5-7-13-30(28)31/h4-7,10-13,25-26,31-36H,8-9,14-24,49H2,1-3H3,(H2,50,59)(H,51,67)(H,52,68)(H,53,73)(H,54,60)(H,55,69)(H,56,72)(H,57,70)(H,58,71)(H,61,62)(H,63,64)(H,65,66)/t26-,32-,33-,34-,35-,36-/m0/s1. The summed E-state index contributed by atoms with van der Waals surface area (Å²) >= 11 is 0. The van der Waals surface area contributed by atoms with E-state index in [4.69, 9.17) is 21.3 Å². The molecule has 2 aromatic rings. The number of aliphatic carboxylic acids is 3. The first-order chi connectivity index (χ1) is 35.0. The van der Waals surface area contributed by atoms with Gasteiger partial charge in [0.15, 0.2) is 0 Å². The van der Waals surface area contributed by atoms with Crippen LogP contribution >= 0.6 is 0 Å². The summed E-state index contributed by atoms with van der Waals surface area (Å²) in [5.74, 6) is -13.0. The number of benzene rings is 2. The maximum absolute atomic E-state index is 13.9. The first-order valence-corrected chi connectivity index (χ1v) is 23.8. The number of nitrogens with one attached hydrogen (secondary N) is 8. The summed E-state index contributed by atoms with van der Waals surface area (Å²) in [6.07, 6.45) is -3.50. The van der Waals surface area contributed by atoms with E-state index in [0.29, 0.717) is 12.8 Å². The number of hydrogen-bond acceptors (Lipinski definition) is 14. The van der Waals surface area contributed by atoms with Gasteiger partial charge in [0.2, 0.25) is 47.3 Å². The summed E-state index contributed by atoms with van der Waals surface area (Å²) in [6.45, 7) is 3.32. The van der Waals surface area contributed by atoms with Crippen LogP contribution in [0.15, 0.2) is 48.5 Å². The molecular weight excluding hydrogens is 973 g/mol. The highest BCUT2D eigenvalue weighted by Gasteiger charge is 2.35. The SMILES string of the molecule is CC(C)C[C@H](NC(=O)[C@H](CCC(N)=O)NC(=O)[C@H](CCCCN)NC(=O)CNC(=O)[C@H](C)NC(=O)OCC1c2ccccc2-c2ccccc21)C(=O)N[C@@H](CCC(=O)O)C(=O)N[C@@H](CC(=O)O)C(=O)NCC(=O)O. The number of fused-ring (bicyclic) bond motifs is 3. The van der Waals surface area contributed by atoms with Crippen LogP contribution in [0, 0.1) is 5.92 Å². The van der Waals surface area contributed by atoms with E-state index in [1.54, 1.807) is 13.8 Å². The minimum atomic E-state index is -1.86. The van der Waals surface area contributed by atoms with Crippen LogP contribution < -0.4 is 54.0 Å². The number of carbonyl (C=O) groups excluding carboxylic acids is 9. The predicted molar refractivity (Wildman–Crippen MR) is 261 cm³/mol. The predicted octanol–water partition coefficient (Wildman–Crippen LogP) is -1.57. The average molecular weight is 1040 g/mol. The Morgan fingerprint density at radius 2 is 1.05 bits per heavy atom. The maximum atomic E-state index is 13.9. The lowest BCUT2D eigenvalue weighted by molar-refractivity contribution is -0.142. The summed E-state index contributed by atoms with van der Waals surface area (Å²) < 4.78 is 5.51. The van der Waals surface area contributed by atoms with Crippen LogP contribution in [0.25, 0.3) is 11.1 Å². The molecule has 3 rings (SSSR count). The zero-order valence-electron chi connectivity index (χ0n) is 41.2. The van der Waals surface area contributed by atoms with Crippen molar-refractivity contribution in [3.05, 3.63) is 59.7 Å². The molecule has 0 saturated heterocycles. The fraction of sp³-hybridized carbons (Fsp3) is 0.500. The summed E-state index contributed by atoms with van der Waals surface area (Å²) in [6, 6.07) is 6.29. The van der Waals surface area contributed by atoms with E-state index in [-0.39, 0.29) is 37.8 Å². The molecule has 1 aliphatic carbocycles. The number of carboxylic acids is 3. The molecule has 0 saturated carbocycles. The minimum Gasteiger partial charge on any atom is -0.481 e. The third-order valence-electron chi connectivity index (χ3n) is 11.5. The molecule has 26 nitrogen and oxygen atoms in total. The molecule has 0 aromatic heterocycles. The van der Waals surface area contributed by atoms with Crippen molar-refractivity contribution in [2.45, 2.75) is 121 Å². The van der Waals surface area contributed by atoms with Gasteiger partial charge in [-0.3, -0.25) is 52.7 Å². The summed E-state index contributed by atoms with van der Waals surface area (Å²) in [5, 5.41) is 46.2. The molecule has 0 unspecified atom stereocenters. The van der Waals surface area contributed by atoms with E-state index in [1.807, 2.05) is 53.8 Å². The summed E-state index contributed by atoms with van der Waals surface area (Å²) in [4.78, 5) is 152. The van der Waals surface area contributed by atoms with Gasteiger partial charge in [0.25, 0.3) is 0 Å². The number of nitrogens with two attached hydrogens (primary N) is 2. The third kappa shape index (κ3) is 20.2. The van der Waals surface area contributed by atoms with E-state index in [9.17, 15) is 67.7 Å². The van der Waals surface area contributed by atoms with Gasteiger partial charge in [-0.1, -0.05) is 62.4 Å². The number of alkyl carbamates (subject to hydrolysis) is 1. The number of carbonyl (C=O) groups is 12. The van der Waals surface area contributed by atoms with Crippen LogP contribution in [0.5, 0.6) is 0 Å². The second-order valence-corrected chi connectivity index (χ2v) is 17.8. The monoisotopic (exact) mass is 1040 g/mol. The van der Waals surface area contributed by atoms with Gasteiger partial charge < -0.3 is 74.1 Å².